The van der Waals surface area contributed by atoms with Gasteiger partial charge in [0, 0.05) is 16.8 Å². The topological polar surface area (TPSA) is 54.3 Å². The Morgan fingerprint density at radius 1 is 1.10 bits per heavy atom. The van der Waals surface area contributed by atoms with Crippen molar-refractivity contribution in [2.24, 2.45) is 0 Å². The second kappa shape index (κ2) is 4.79. The van der Waals surface area contributed by atoms with Gasteiger partial charge in [-0.05, 0) is 30.3 Å². The van der Waals surface area contributed by atoms with Crippen molar-refractivity contribution < 1.29 is 18.3 Å². The summed E-state index contributed by atoms with van der Waals surface area (Å²) in [5.41, 5.74) is 1.31. The van der Waals surface area contributed by atoms with E-state index in [1.807, 2.05) is 6.07 Å². The van der Waals surface area contributed by atoms with Gasteiger partial charge >= 0.3 is 6.29 Å². The minimum absolute atomic E-state index is 0.0443. The summed E-state index contributed by atoms with van der Waals surface area (Å²) in [6.45, 7) is 0. The van der Waals surface area contributed by atoms with Gasteiger partial charge in [0.2, 0.25) is 0 Å². The molecule has 3 rings (SSSR count). The summed E-state index contributed by atoms with van der Waals surface area (Å²) < 4.78 is 34.6. The van der Waals surface area contributed by atoms with Crippen LogP contribution in [0.5, 0.6) is 11.5 Å². The van der Waals surface area contributed by atoms with E-state index in [-0.39, 0.29) is 11.5 Å². The molecule has 0 atom stereocenters. The number of hydrogen-bond donors (Lipinski definition) is 1. The van der Waals surface area contributed by atoms with Crippen molar-refractivity contribution in [1.82, 2.24) is 0 Å². The molecule has 21 heavy (non-hydrogen) atoms. The predicted molar refractivity (Wildman–Crippen MR) is 72.1 cm³/mol. The normalized spacial score (nSPS) is 14.6. The van der Waals surface area contributed by atoms with E-state index in [1.165, 1.54) is 18.2 Å². The van der Waals surface area contributed by atoms with Gasteiger partial charge in [-0.1, -0.05) is 11.6 Å². The third kappa shape index (κ3) is 2.69. The Bertz CT molecular complexity index is 759. The molecule has 2 aromatic rings. The maximum absolute atomic E-state index is 12.9. The summed E-state index contributed by atoms with van der Waals surface area (Å²) in [4.78, 5) is 0. The number of anilines is 2. The number of alkyl halides is 2. The zero-order valence-electron chi connectivity index (χ0n) is 10.4. The lowest BCUT2D eigenvalue weighted by Crippen LogP contribution is -2.25. The molecule has 106 valence electrons. The molecule has 0 bridgehead atoms. The van der Waals surface area contributed by atoms with Gasteiger partial charge in [-0.15, -0.1) is 8.78 Å². The van der Waals surface area contributed by atoms with Gasteiger partial charge in [0.05, 0.1) is 11.3 Å². The quantitative estimate of drug-likeness (QED) is 0.900. The Hall–Kier alpha value is -2.52. The van der Waals surface area contributed by atoms with Crippen LogP contribution >= 0.6 is 11.6 Å². The molecule has 0 fully saturated rings. The highest BCUT2D eigenvalue weighted by atomic mass is 35.5. The van der Waals surface area contributed by atoms with Crippen LogP contribution in [0.3, 0.4) is 0 Å². The minimum atomic E-state index is -3.66. The van der Waals surface area contributed by atoms with E-state index < -0.39 is 6.29 Å². The summed E-state index contributed by atoms with van der Waals surface area (Å²) in [7, 11) is 0. The molecule has 0 amide bonds. The van der Waals surface area contributed by atoms with Crippen molar-refractivity contribution >= 4 is 23.0 Å². The van der Waals surface area contributed by atoms with E-state index in [2.05, 4.69) is 14.8 Å². The highest BCUT2D eigenvalue weighted by Gasteiger charge is 2.43. The molecule has 0 aromatic heterocycles. The van der Waals surface area contributed by atoms with E-state index in [0.29, 0.717) is 22.0 Å². The monoisotopic (exact) mass is 308 g/mol. The zero-order valence-corrected chi connectivity index (χ0v) is 11.1. The first-order valence-electron chi connectivity index (χ1n) is 5.83. The highest BCUT2D eigenvalue weighted by Crippen LogP contribution is 2.42. The Labute approximate surface area is 123 Å². The van der Waals surface area contributed by atoms with Gasteiger partial charge in [0.1, 0.15) is 6.07 Å². The number of hydrogen-bond acceptors (Lipinski definition) is 4. The van der Waals surface area contributed by atoms with Crippen molar-refractivity contribution in [3.63, 3.8) is 0 Å². The molecule has 4 nitrogen and oxygen atoms in total. The van der Waals surface area contributed by atoms with Gasteiger partial charge in [-0.3, -0.25) is 0 Å². The van der Waals surface area contributed by atoms with Crippen molar-refractivity contribution in [1.29, 1.82) is 5.26 Å². The number of ether oxygens (including phenoxy) is 2. The van der Waals surface area contributed by atoms with Gasteiger partial charge in [-0.2, -0.15) is 5.26 Å². The average molecular weight is 309 g/mol. The predicted octanol–water partition coefficient (Wildman–Crippen LogP) is 4.28. The van der Waals surface area contributed by atoms with Gasteiger partial charge in [0.25, 0.3) is 0 Å². The highest BCUT2D eigenvalue weighted by molar-refractivity contribution is 6.30. The summed E-state index contributed by atoms with van der Waals surface area (Å²) in [5.74, 6) is -0.123. The Morgan fingerprint density at radius 3 is 2.62 bits per heavy atom. The van der Waals surface area contributed by atoms with E-state index in [4.69, 9.17) is 16.9 Å². The number of benzene rings is 2. The van der Waals surface area contributed by atoms with Gasteiger partial charge < -0.3 is 14.8 Å². The van der Waals surface area contributed by atoms with Crippen molar-refractivity contribution in [2.45, 2.75) is 6.29 Å². The van der Waals surface area contributed by atoms with Crippen LogP contribution in [0, 0.1) is 11.3 Å². The smallest absolute Gasteiger partial charge is 0.395 e. The second-order valence-electron chi connectivity index (χ2n) is 4.26. The molecule has 1 aliphatic rings. The standard InChI is InChI=1S/C14H7ClF2N2O2/c15-9-2-1-8(7-18)11(5-9)19-10-3-4-12-13(6-10)21-14(16,17)20-12/h1-6,19H. The van der Waals surface area contributed by atoms with Crippen LogP contribution in [0.2, 0.25) is 5.02 Å². The molecule has 0 radical (unpaired) electrons. The number of rotatable bonds is 2. The maximum atomic E-state index is 12.9. The molecule has 0 spiro atoms. The van der Waals surface area contributed by atoms with Crippen LogP contribution in [0.4, 0.5) is 20.2 Å². The molecule has 0 unspecified atom stereocenters. The number of nitrogens with one attached hydrogen (secondary N) is 1. The molecule has 1 aliphatic heterocycles. The summed E-state index contributed by atoms with van der Waals surface area (Å²) in [6, 6.07) is 11.0. The Balaban J connectivity index is 1.91. The second-order valence-corrected chi connectivity index (χ2v) is 4.69. The molecular weight excluding hydrogens is 302 g/mol. The van der Waals surface area contributed by atoms with Crippen LogP contribution in [0.25, 0.3) is 0 Å². The molecule has 2 aromatic carbocycles. The van der Waals surface area contributed by atoms with Crippen LogP contribution < -0.4 is 14.8 Å². The van der Waals surface area contributed by atoms with E-state index in [9.17, 15) is 8.78 Å². The fourth-order valence-corrected chi connectivity index (χ4v) is 2.07. The van der Waals surface area contributed by atoms with E-state index in [1.54, 1.807) is 18.2 Å². The molecule has 0 saturated heterocycles. The lowest BCUT2D eigenvalue weighted by Gasteiger charge is -2.09. The van der Waals surface area contributed by atoms with Crippen molar-refractivity contribution in [3.05, 3.63) is 47.0 Å². The van der Waals surface area contributed by atoms with Crippen LogP contribution in [-0.2, 0) is 0 Å². The molecular formula is C14H7ClF2N2O2. The van der Waals surface area contributed by atoms with E-state index >= 15 is 0 Å². The molecule has 0 saturated carbocycles. The first kappa shape index (κ1) is 13.5. The van der Waals surface area contributed by atoms with Crippen LogP contribution in [0.1, 0.15) is 5.56 Å². The van der Waals surface area contributed by atoms with Crippen molar-refractivity contribution in [2.75, 3.05) is 5.32 Å². The first-order chi connectivity index (χ1) is 9.97. The maximum Gasteiger partial charge on any atom is 0.586 e. The lowest BCUT2D eigenvalue weighted by molar-refractivity contribution is -0.286. The lowest BCUT2D eigenvalue weighted by atomic mass is 10.2. The molecule has 1 heterocycles. The number of nitriles is 1. The fourth-order valence-electron chi connectivity index (χ4n) is 1.90. The fraction of sp³-hybridized carbons (Fsp3) is 0.0714. The third-order valence-corrected chi connectivity index (χ3v) is 3.02. The summed E-state index contributed by atoms with van der Waals surface area (Å²) in [5, 5.41) is 12.4. The number of halogens is 3. The molecule has 7 heteroatoms. The third-order valence-electron chi connectivity index (χ3n) is 2.78. The molecule has 0 aliphatic carbocycles. The van der Waals surface area contributed by atoms with Crippen LogP contribution in [0.15, 0.2) is 36.4 Å². The Kier molecular flexibility index (Phi) is 3.07. The zero-order chi connectivity index (χ0) is 15.0. The summed E-state index contributed by atoms with van der Waals surface area (Å²) >= 11 is 5.88. The van der Waals surface area contributed by atoms with Gasteiger partial charge in [-0.25, -0.2) is 0 Å². The van der Waals surface area contributed by atoms with Gasteiger partial charge in [0.15, 0.2) is 11.5 Å². The van der Waals surface area contributed by atoms with Crippen molar-refractivity contribution in [3.8, 4) is 17.6 Å². The SMILES string of the molecule is N#Cc1ccc(Cl)cc1Nc1ccc2c(c1)OC(F)(F)O2. The minimum Gasteiger partial charge on any atom is -0.395 e. The van der Waals surface area contributed by atoms with E-state index in [0.717, 1.165) is 0 Å². The molecule has 1 N–H and O–H groups in total. The summed E-state index contributed by atoms with van der Waals surface area (Å²) in [6.07, 6.45) is -3.66. The largest absolute Gasteiger partial charge is 0.586 e. The average Bonchev–Trinajstić information content (AvgIpc) is 2.72. The number of fused-ring (bicyclic) bond motifs is 1. The number of nitrogens with zero attached hydrogens (tertiary/aromatic N) is 1. The Morgan fingerprint density at radius 2 is 1.86 bits per heavy atom. The first-order valence-corrected chi connectivity index (χ1v) is 6.21. The van der Waals surface area contributed by atoms with Crippen LogP contribution in [-0.4, -0.2) is 6.29 Å².